The van der Waals surface area contributed by atoms with Gasteiger partial charge in [-0.15, -0.1) is 0 Å². The Morgan fingerprint density at radius 3 is 2.14 bits per heavy atom. The van der Waals surface area contributed by atoms with Crippen LogP contribution in [0.3, 0.4) is 0 Å². The lowest BCUT2D eigenvalue weighted by molar-refractivity contribution is -0.151. The van der Waals surface area contributed by atoms with Crippen molar-refractivity contribution in [1.29, 1.82) is 0 Å². The Hall–Kier alpha value is -4.26. The zero-order chi connectivity index (χ0) is 31.4. The summed E-state index contributed by atoms with van der Waals surface area (Å²) in [6, 6.07) is 5.81. The van der Waals surface area contributed by atoms with E-state index in [1.54, 1.807) is 12.1 Å². The van der Waals surface area contributed by atoms with E-state index in [0.717, 1.165) is 12.1 Å². The van der Waals surface area contributed by atoms with E-state index >= 15 is 0 Å². The second-order valence-corrected chi connectivity index (χ2v) is 11.3. The Morgan fingerprint density at radius 1 is 0.907 bits per heavy atom. The molecule has 0 bridgehead atoms. The summed E-state index contributed by atoms with van der Waals surface area (Å²) in [6.07, 6.45) is 6.50. The van der Waals surface area contributed by atoms with Crippen molar-refractivity contribution < 1.29 is 28.8 Å². The number of hydrogen-bond donors (Lipinski definition) is 5. The molecule has 0 radical (unpaired) electrons. The summed E-state index contributed by atoms with van der Waals surface area (Å²) in [7, 11) is 3.93. The highest BCUT2D eigenvalue weighted by Crippen LogP contribution is 2.41. The van der Waals surface area contributed by atoms with Gasteiger partial charge in [-0.3, -0.25) is 28.9 Å². The normalized spacial score (nSPS) is 16.0. The molecule has 13 nitrogen and oxygen atoms in total. The number of hydrogen-bond acceptors (Lipinski definition) is 7. The molecule has 1 aliphatic carbocycles. The molecule has 0 spiro atoms. The second kappa shape index (κ2) is 15.8. The molecular weight excluding hydrogens is 554 g/mol. The third kappa shape index (κ3) is 9.63. The van der Waals surface area contributed by atoms with Gasteiger partial charge in [-0.05, 0) is 76.7 Å². The molecule has 7 amide bonds. The molecular formula is C30H43N7O6. The number of nitrogens with one attached hydrogen (secondary N) is 4. The Bertz CT molecular complexity index is 1190. The molecule has 1 atom stereocenters. The minimum Gasteiger partial charge on any atom is -0.355 e. The Morgan fingerprint density at radius 2 is 1.56 bits per heavy atom. The summed E-state index contributed by atoms with van der Waals surface area (Å²) in [5.41, 5.74) is 5.54. The van der Waals surface area contributed by atoms with Gasteiger partial charge in [-0.25, -0.2) is 4.79 Å². The van der Waals surface area contributed by atoms with Crippen LogP contribution in [0.15, 0.2) is 36.4 Å². The van der Waals surface area contributed by atoms with Crippen LogP contribution in [0.4, 0.5) is 10.5 Å². The van der Waals surface area contributed by atoms with Gasteiger partial charge in [-0.2, -0.15) is 0 Å². The number of nitrogens with two attached hydrogens (primary N) is 1. The van der Waals surface area contributed by atoms with E-state index in [0.29, 0.717) is 63.7 Å². The van der Waals surface area contributed by atoms with Crippen LogP contribution in [0.25, 0.3) is 0 Å². The lowest BCUT2D eigenvalue weighted by atomic mass is 9.67. The molecule has 1 heterocycles. The van der Waals surface area contributed by atoms with Crippen LogP contribution < -0.4 is 27.0 Å². The molecule has 0 aromatic heterocycles. The minimum absolute atomic E-state index is 0.228. The molecule has 43 heavy (non-hydrogen) atoms. The predicted octanol–water partition coefficient (Wildman–Crippen LogP) is 1.00. The van der Waals surface area contributed by atoms with E-state index in [4.69, 9.17) is 5.73 Å². The molecule has 234 valence electrons. The maximum atomic E-state index is 13.5. The highest BCUT2D eigenvalue weighted by Gasteiger charge is 2.51. The smallest absolute Gasteiger partial charge is 0.312 e. The summed E-state index contributed by atoms with van der Waals surface area (Å²) in [4.78, 5) is 77.4. The van der Waals surface area contributed by atoms with E-state index in [1.807, 2.05) is 31.1 Å². The highest BCUT2D eigenvalue weighted by molar-refractivity contribution is 6.12. The van der Waals surface area contributed by atoms with Crippen LogP contribution in [-0.2, 0) is 30.5 Å². The van der Waals surface area contributed by atoms with Gasteiger partial charge in [-0.1, -0.05) is 18.6 Å². The lowest BCUT2D eigenvalue weighted by Gasteiger charge is -2.39. The van der Waals surface area contributed by atoms with Gasteiger partial charge < -0.3 is 31.9 Å². The molecule has 1 aliphatic heterocycles. The predicted molar refractivity (Wildman–Crippen MR) is 160 cm³/mol. The first-order valence-corrected chi connectivity index (χ1v) is 14.7. The topological polar surface area (TPSA) is 183 Å². The quantitative estimate of drug-likeness (QED) is 0.101. The summed E-state index contributed by atoms with van der Waals surface area (Å²) in [5, 5.41) is 11.0. The molecule has 0 saturated heterocycles. The molecule has 1 aromatic rings. The van der Waals surface area contributed by atoms with Gasteiger partial charge in [0.25, 0.3) is 11.8 Å². The first-order chi connectivity index (χ1) is 20.5. The lowest BCUT2D eigenvalue weighted by Crippen LogP contribution is -2.58. The Kier molecular flexibility index (Phi) is 12.2. The van der Waals surface area contributed by atoms with E-state index in [1.165, 1.54) is 17.1 Å². The monoisotopic (exact) mass is 597 g/mol. The Labute approximate surface area is 252 Å². The van der Waals surface area contributed by atoms with E-state index < -0.39 is 29.3 Å². The van der Waals surface area contributed by atoms with Gasteiger partial charge in [0.05, 0.1) is 0 Å². The SMILES string of the molecule is CN(C)Cc1ccc(NC(=O)C(CCCNC(N)=O)NC(=O)C2(C(=O)NCCCCCN3C(=O)C=CC3=O)CCC2)cc1. The van der Waals surface area contributed by atoms with Gasteiger partial charge in [0.2, 0.25) is 17.7 Å². The number of carbonyl (C=O) groups excluding carboxylic acids is 6. The van der Waals surface area contributed by atoms with Crippen molar-refractivity contribution in [3.05, 3.63) is 42.0 Å². The first kappa shape index (κ1) is 33.2. The molecule has 1 unspecified atom stereocenters. The molecule has 6 N–H and O–H groups in total. The summed E-state index contributed by atoms with van der Waals surface area (Å²) >= 11 is 0. The third-order valence-electron chi connectivity index (χ3n) is 7.63. The fourth-order valence-electron chi connectivity index (χ4n) is 5.05. The first-order valence-electron chi connectivity index (χ1n) is 14.7. The van der Waals surface area contributed by atoms with Gasteiger partial charge >= 0.3 is 6.03 Å². The van der Waals surface area contributed by atoms with Crippen LogP contribution in [0, 0.1) is 5.41 Å². The molecule has 1 saturated carbocycles. The standard InChI is InChI=1S/C30H43N7O6/c1-36(2)20-21-9-11-22(12-10-21)34-26(40)23(8-6-18-33-29(31)43)35-28(42)30(15-7-16-30)27(41)32-17-4-3-5-19-37-24(38)13-14-25(37)39/h9-14,23H,3-8,15-20H2,1-2H3,(H,32,41)(H,34,40)(H,35,42)(H3,31,33,43). The number of urea groups is 1. The minimum atomic E-state index is -1.25. The second-order valence-electron chi connectivity index (χ2n) is 11.3. The van der Waals surface area contributed by atoms with Crippen LogP contribution in [0.5, 0.6) is 0 Å². The van der Waals surface area contributed by atoms with E-state index in [9.17, 15) is 28.8 Å². The third-order valence-corrected chi connectivity index (χ3v) is 7.63. The van der Waals surface area contributed by atoms with Crippen molar-refractivity contribution in [3.63, 3.8) is 0 Å². The molecule has 2 aliphatic rings. The zero-order valence-corrected chi connectivity index (χ0v) is 24.9. The zero-order valence-electron chi connectivity index (χ0n) is 24.9. The van der Waals surface area contributed by atoms with Crippen LogP contribution >= 0.6 is 0 Å². The van der Waals surface area contributed by atoms with Crippen LogP contribution in [0.2, 0.25) is 0 Å². The fourth-order valence-corrected chi connectivity index (χ4v) is 5.05. The number of anilines is 1. The molecule has 1 fully saturated rings. The number of carbonyl (C=O) groups is 6. The Balaban J connectivity index is 1.54. The largest absolute Gasteiger partial charge is 0.355 e. The number of rotatable bonds is 17. The number of amides is 7. The maximum Gasteiger partial charge on any atom is 0.312 e. The summed E-state index contributed by atoms with van der Waals surface area (Å²) in [5.74, 6) is -1.93. The fraction of sp³-hybridized carbons (Fsp3) is 0.533. The van der Waals surface area contributed by atoms with Crippen molar-refractivity contribution >= 4 is 41.3 Å². The van der Waals surface area contributed by atoms with Crippen LogP contribution in [0.1, 0.15) is 56.9 Å². The highest BCUT2D eigenvalue weighted by atomic mass is 16.2. The molecule has 3 rings (SSSR count). The van der Waals surface area contributed by atoms with Gasteiger partial charge in [0.1, 0.15) is 11.5 Å². The van der Waals surface area contributed by atoms with E-state index in [2.05, 4.69) is 21.3 Å². The summed E-state index contributed by atoms with van der Waals surface area (Å²) < 4.78 is 0. The average molecular weight is 598 g/mol. The number of benzene rings is 1. The average Bonchev–Trinajstić information content (AvgIpc) is 3.24. The van der Waals surface area contributed by atoms with Crippen molar-refractivity contribution in [2.45, 2.75) is 64.0 Å². The number of unbranched alkanes of at least 4 members (excludes halogenated alkanes) is 2. The number of nitrogens with zero attached hydrogens (tertiary/aromatic N) is 2. The van der Waals surface area contributed by atoms with Crippen LogP contribution in [-0.4, -0.2) is 85.1 Å². The van der Waals surface area contributed by atoms with Gasteiger partial charge in [0, 0.05) is 44.0 Å². The molecule has 1 aromatic carbocycles. The van der Waals surface area contributed by atoms with Gasteiger partial charge in [0.15, 0.2) is 0 Å². The molecule has 13 heteroatoms. The summed E-state index contributed by atoms with van der Waals surface area (Å²) in [6.45, 7) is 1.66. The number of imide groups is 1. The van der Waals surface area contributed by atoms with Crippen molar-refractivity contribution in [3.8, 4) is 0 Å². The van der Waals surface area contributed by atoms with Crippen molar-refractivity contribution in [2.24, 2.45) is 11.1 Å². The van der Waals surface area contributed by atoms with E-state index in [-0.39, 0.29) is 30.7 Å². The number of primary amides is 1. The maximum absolute atomic E-state index is 13.5. The van der Waals surface area contributed by atoms with Crippen molar-refractivity contribution in [1.82, 2.24) is 25.8 Å². The van der Waals surface area contributed by atoms with Crippen molar-refractivity contribution in [2.75, 3.05) is 39.0 Å².